The molecule has 8 heteroatoms. The van der Waals surface area contributed by atoms with Crippen LogP contribution in [0.2, 0.25) is 0 Å². The summed E-state index contributed by atoms with van der Waals surface area (Å²) >= 11 is 0. The van der Waals surface area contributed by atoms with Crippen LogP contribution in [0.15, 0.2) is 29.2 Å². The number of nitrogens with zero attached hydrogens (tertiary/aromatic N) is 1. The van der Waals surface area contributed by atoms with E-state index < -0.39 is 10.0 Å². The molecule has 1 aliphatic heterocycles. The van der Waals surface area contributed by atoms with Gasteiger partial charge >= 0.3 is 0 Å². The maximum atomic E-state index is 12.7. The van der Waals surface area contributed by atoms with E-state index in [4.69, 9.17) is 0 Å². The van der Waals surface area contributed by atoms with Gasteiger partial charge in [-0.15, -0.1) is 0 Å². The van der Waals surface area contributed by atoms with Crippen molar-refractivity contribution in [3.63, 3.8) is 0 Å². The summed E-state index contributed by atoms with van der Waals surface area (Å²) in [6.07, 6.45) is 1.05. The van der Waals surface area contributed by atoms with Crippen LogP contribution in [-0.2, 0) is 19.6 Å². The van der Waals surface area contributed by atoms with Gasteiger partial charge in [-0.1, -0.05) is 0 Å². The second-order valence-corrected chi connectivity index (χ2v) is 7.72. The van der Waals surface area contributed by atoms with Gasteiger partial charge in [0.1, 0.15) is 0 Å². The zero-order chi connectivity index (χ0) is 17.7. The van der Waals surface area contributed by atoms with Crippen LogP contribution in [0, 0.1) is 5.92 Å². The Balaban J connectivity index is 2.03. The molecule has 0 saturated carbocycles. The van der Waals surface area contributed by atoms with E-state index in [1.54, 1.807) is 12.1 Å². The average Bonchev–Trinajstić information content (AvgIpc) is 2.55. The number of sulfonamides is 1. The van der Waals surface area contributed by atoms with Crippen LogP contribution in [0.1, 0.15) is 26.7 Å². The highest BCUT2D eigenvalue weighted by molar-refractivity contribution is 7.89. The second-order valence-electron chi connectivity index (χ2n) is 5.78. The van der Waals surface area contributed by atoms with Crippen LogP contribution in [0.5, 0.6) is 0 Å². The number of carbonyl (C=O) groups is 2. The number of hydrogen-bond donors (Lipinski definition) is 2. The lowest BCUT2D eigenvalue weighted by Crippen LogP contribution is -2.42. The minimum absolute atomic E-state index is 0.00536. The van der Waals surface area contributed by atoms with E-state index >= 15 is 0 Å². The number of piperidine rings is 1. The van der Waals surface area contributed by atoms with Crippen molar-refractivity contribution in [2.75, 3.05) is 25.0 Å². The Morgan fingerprint density at radius 2 is 1.75 bits per heavy atom. The molecule has 0 aromatic heterocycles. The predicted molar refractivity (Wildman–Crippen MR) is 90.9 cm³/mol. The lowest BCUT2D eigenvalue weighted by molar-refractivity contribution is -0.126. The SMILES string of the molecule is CCNC(=O)C1CCN(S(=O)(=O)c2ccc(NC(C)=O)cc2)CC1. The number of rotatable bonds is 5. The molecule has 24 heavy (non-hydrogen) atoms. The van der Waals surface area contributed by atoms with E-state index in [2.05, 4.69) is 10.6 Å². The van der Waals surface area contributed by atoms with Crippen molar-refractivity contribution in [1.82, 2.24) is 9.62 Å². The fraction of sp³-hybridized carbons (Fsp3) is 0.500. The van der Waals surface area contributed by atoms with Gasteiger partial charge in [0, 0.05) is 38.2 Å². The van der Waals surface area contributed by atoms with Crippen LogP contribution in [0.4, 0.5) is 5.69 Å². The normalized spacial score (nSPS) is 16.6. The van der Waals surface area contributed by atoms with Gasteiger partial charge in [0.15, 0.2) is 0 Å². The van der Waals surface area contributed by atoms with Gasteiger partial charge < -0.3 is 10.6 Å². The number of nitrogens with one attached hydrogen (secondary N) is 2. The first-order chi connectivity index (χ1) is 11.3. The summed E-state index contributed by atoms with van der Waals surface area (Å²) in [6.45, 7) is 4.50. The van der Waals surface area contributed by atoms with E-state index in [0.29, 0.717) is 38.2 Å². The Bertz CT molecular complexity index is 693. The van der Waals surface area contributed by atoms with Gasteiger partial charge in [-0.3, -0.25) is 9.59 Å². The van der Waals surface area contributed by atoms with Crippen molar-refractivity contribution < 1.29 is 18.0 Å². The highest BCUT2D eigenvalue weighted by atomic mass is 32.2. The zero-order valence-electron chi connectivity index (χ0n) is 13.9. The molecular formula is C16H23N3O4S. The van der Waals surface area contributed by atoms with Crippen LogP contribution in [-0.4, -0.2) is 44.2 Å². The molecule has 0 atom stereocenters. The first-order valence-electron chi connectivity index (χ1n) is 8.00. The second kappa shape index (κ2) is 7.76. The van der Waals surface area contributed by atoms with E-state index in [9.17, 15) is 18.0 Å². The van der Waals surface area contributed by atoms with E-state index in [-0.39, 0.29) is 22.6 Å². The van der Waals surface area contributed by atoms with Crippen molar-refractivity contribution in [2.45, 2.75) is 31.6 Å². The third-order valence-electron chi connectivity index (χ3n) is 3.99. The first-order valence-corrected chi connectivity index (χ1v) is 9.44. The molecule has 1 aromatic carbocycles. The minimum Gasteiger partial charge on any atom is -0.356 e. The molecule has 1 saturated heterocycles. The van der Waals surface area contributed by atoms with Crippen molar-refractivity contribution in [2.24, 2.45) is 5.92 Å². The molecule has 0 spiro atoms. The van der Waals surface area contributed by atoms with E-state index in [1.165, 1.54) is 23.4 Å². The summed E-state index contributed by atoms with van der Waals surface area (Å²) in [5.74, 6) is -0.342. The van der Waals surface area contributed by atoms with Crippen LogP contribution in [0.25, 0.3) is 0 Å². The molecule has 0 aliphatic carbocycles. The predicted octanol–water partition coefficient (Wildman–Crippen LogP) is 1.18. The van der Waals surface area contributed by atoms with Gasteiger partial charge in [-0.05, 0) is 44.0 Å². The van der Waals surface area contributed by atoms with Crippen molar-refractivity contribution in [3.8, 4) is 0 Å². The lowest BCUT2D eigenvalue weighted by Gasteiger charge is -2.30. The third-order valence-corrected chi connectivity index (χ3v) is 5.90. The summed E-state index contributed by atoms with van der Waals surface area (Å²) in [4.78, 5) is 23.0. The zero-order valence-corrected chi connectivity index (χ0v) is 14.7. The Morgan fingerprint density at radius 3 is 2.25 bits per heavy atom. The third kappa shape index (κ3) is 4.33. The Morgan fingerprint density at radius 1 is 1.17 bits per heavy atom. The van der Waals surface area contributed by atoms with Crippen LogP contribution in [0.3, 0.4) is 0 Å². The number of hydrogen-bond acceptors (Lipinski definition) is 4. The summed E-state index contributed by atoms with van der Waals surface area (Å²) < 4.78 is 26.7. The Labute approximate surface area is 142 Å². The number of amides is 2. The molecule has 2 rings (SSSR count). The molecular weight excluding hydrogens is 330 g/mol. The topological polar surface area (TPSA) is 95.6 Å². The molecule has 0 unspecified atom stereocenters. The maximum Gasteiger partial charge on any atom is 0.243 e. The summed E-state index contributed by atoms with van der Waals surface area (Å²) in [5.41, 5.74) is 0.552. The highest BCUT2D eigenvalue weighted by Crippen LogP contribution is 2.24. The van der Waals surface area contributed by atoms with Crippen LogP contribution < -0.4 is 10.6 Å². The average molecular weight is 353 g/mol. The fourth-order valence-electron chi connectivity index (χ4n) is 2.74. The molecule has 2 amide bonds. The summed E-state index contributed by atoms with van der Waals surface area (Å²) in [7, 11) is -3.58. The Hall–Kier alpha value is -1.93. The molecule has 7 nitrogen and oxygen atoms in total. The fourth-order valence-corrected chi connectivity index (χ4v) is 4.21. The molecule has 132 valence electrons. The van der Waals surface area contributed by atoms with E-state index in [1.807, 2.05) is 6.92 Å². The molecule has 0 radical (unpaired) electrons. The van der Waals surface area contributed by atoms with Crippen molar-refractivity contribution in [1.29, 1.82) is 0 Å². The molecule has 2 N–H and O–H groups in total. The van der Waals surface area contributed by atoms with Gasteiger partial charge in [-0.25, -0.2) is 8.42 Å². The molecule has 1 heterocycles. The standard InChI is InChI=1S/C16H23N3O4S/c1-3-17-16(21)13-8-10-19(11-9-13)24(22,23)15-6-4-14(5-7-15)18-12(2)20/h4-7,13H,3,8-11H2,1-2H3,(H,17,21)(H,18,20). The van der Waals surface area contributed by atoms with Crippen LogP contribution >= 0.6 is 0 Å². The van der Waals surface area contributed by atoms with Crippen molar-refractivity contribution in [3.05, 3.63) is 24.3 Å². The van der Waals surface area contributed by atoms with Gasteiger partial charge in [0.25, 0.3) is 0 Å². The van der Waals surface area contributed by atoms with Gasteiger partial charge in [-0.2, -0.15) is 4.31 Å². The van der Waals surface area contributed by atoms with Crippen molar-refractivity contribution >= 4 is 27.5 Å². The highest BCUT2D eigenvalue weighted by Gasteiger charge is 2.31. The quantitative estimate of drug-likeness (QED) is 0.831. The smallest absolute Gasteiger partial charge is 0.243 e. The first kappa shape index (κ1) is 18.4. The molecule has 0 bridgehead atoms. The molecule has 1 aromatic rings. The number of benzene rings is 1. The number of anilines is 1. The number of carbonyl (C=O) groups excluding carboxylic acids is 2. The summed E-state index contributed by atoms with van der Waals surface area (Å²) in [6, 6.07) is 6.10. The van der Waals surface area contributed by atoms with E-state index in [0.717, 1.165) is 0 Å². The monoisotopic (exact) mass is 353 g/mol. The molecule has 1 fully saturated rings. The van der Waals surface area contributed by atoms with Gasteiger partial charge in [0.2, 0.25) is 21.8 Å². The Kier molecular flexibility index (Phi) is 5.95. The lowest BCUT2D eigenvalue weighted by atomic mass is 9.97. The summed E-state index contributed by atoms with van der Waals surface area (Å²) in [5, 5.41) is 5.38. The molecule has 1 aliphatic rings. The van der Waals surface area contributed by atoms with Gasteiger partial charge in [0.05, 0.1) is 4.90 Å². The minimum atomic E-state index is -3.58. The largest absolute Gasteiger partial charge is 0.356 e. The maximum absolute atomic E-state index is 12.7.